The van der Waals surface area contributed by atoms with Gasteiger partial charge in [-0.05, 0) is 37.5 Å². The number of nitrogens with two attached hydrogens (primary N) is 1. The first kappa shape index (κ1) is 40.9. The van der Waals surface area contributed by atoms with Gasteiger partial charge in [-0.15, -0.1) is 34.0 Å². The lowest BCUT2D eigenvalue weighted by atomic mass is 9.81. The molecule has 0 aromatic heterocycles. The van der Waals surface area contributed by atoms with Gasteiger partial charge in [0.2, 0.25) is 0 Å². The minimum Gasteiger partial charge on any atom is -0.460 e. The molecule has 2 aliphatic heterocycles. The fourth-order valence-corrected chi connectivity index (χ4v) is 5.64. The van der Waals surface area contributed by atoms with Gasteiger partial charge < -0.3 is 31.5 Å². The molecule has 3 aromatic carbocycles. The van der Waals surface area contributed by atoms with E-state index >= 15 is 0 Å². The third-order valence-electron chi connectivity index (χ3n) is 7.54. The normalized spacial score (nSPS) is 16.0. The zero-order chi connectivity index (χ0) is 30.7. The smallest absolute Gasteiger partial charge is 0.339 e. The Balaban J connectivity index is 0.00000276. The molecule has 0 amide bonds. The van der Waals surface area contributed by atoms with Crippen molar-refractivity contribution in [1.82, 2.24) is 10.2 Å². The van der Waals surface area contributed by atoms with Crippen LogP contribution in [0.5, 0.6) is 0 Å². The van der Waals surface area contributed by atoms with Crippen molar-refractivity contribution in [2.24, 2.45) is 5.73 Å². The Morgan fingerprint density at radius 3 is 1.96 bits per heavy atom. The number of hydrogen-bond acceptors (Lipinski definition) is 9. The molecule has 0 unspecified atom stereocenters. The molecule has 1 atom stereocenters. The van der Waals surface area contributed by atoms with E-state index in [1.165, 1.54) is 18.2 Å². The van der Waals surface area contributed by atoms with Crippen LogP contribution in [0.2, 0.25) is 0 Å². The lowest BCUT2D eigenvalue weighted by molar-refractivity contribution is -0.384. The molecule has 0 bridgehead atoms. The predicted molar refractivity (Wildman–Crippen MR) is 188 cm³/mol. The van der Waals surface area contributed by atoms with E-state index in [2.05, 4.69) is 34.5 Å². The van der Waals surface area contributed by atoms with Crippen molar-refractivity contribution in [3.05, 3.63) is 134 Å². The molecule has 7 N–H and O–H groups in total. The summed E-state index contributed by atoms with van der Waals surface area (Å²) in [4.78, 5) is 40.4. The van der Waals surface area contributed by atoms with Crippen molar-refractivity contribution in [2.45, 2.75) is 44.9 Å². The summed E-state index contributed by atoms with van der Waals surface area (Å²) in [5, 5.41) is 14.5. The van der Waals surface area contributed by atoms with Crippen molar-refractivity contribution in [1.29, 1.82) is 0 Å². The maximum absolute atomic E-state index is 13.8. The van der Waals surface area contributed by atoms with Gasteiger partial charge in [0, 0.05) is 30.9 Å². The number of nitrogens with zero attached hydrogens (tertiary/aromatic N) is 2. The summed E-state index contributed by atoms with van der Waals surface area (Å²) >= 11 is 0. The van der Waals surface area contributed by atoms with Crippen LogP contribution >= 0.6 is 34.0 Å². The highest BCUT2D eigenvalue weighted by atomic mass is 79.9. The number of allylic oxidation sites excluding steroid dienone is 1. The highest BCUT2D eigenvalue weighted by Crippen LogP contribution is 2.40. The average molecular weight is 781 g/mol. The highest BCUT2D eigenvalue weighted by Gasteiger charge is 2.42. The molecule has 3 aromatic rings. The molecular weight excluding hydrogens is 740 g/mol. The molecule has 2 aliphatic rings. The first-order chi connectivity index (χ1) is 20.6. The molecule has 0 radical (unpaired) electrons. The maximum atomic E-state index is 13.8. The van der Waals surface area contributed by atoms with Crippen molar-refractivity contribution >= 4 is 51.6 Å². The second-order valence-electron chi connectivity index (χ2n) is 10.9. The van der Waals surface area contributed by atoms with Crippen LogP contribution in [0.25, 0.3) is 0 Å². The third kappa shape index (κ3) is 9.05. The molecule has 254 valence electrons. The summed E-state index contributed by atoms with van der Waals surface area (Å²) in [5.74, 6) is -2.37. The Hall–Kier alpha value is -4.08. The maximum Gasteiger partial charge on any atom is 0.339 e. The van der Waals surface area contributed by atoms with Crippen LogP contribution in [0.3, 0.4) is 0 Å². The Morgan fingerprint density at radius 2 is 1.45 bits per heavy atom. The summed E-state index contributed by atoms with van der Waals surface area (Å²) in [6.07, 6.45) is -0.855. The number of carbonyl (C=O) groups is 2. The number of benzene rings is 3. The number of non-ortho nitro benzene ring substituents is 1. The molecule has 12 nitrogen and oxygen atoms in total. The minimum absolute atomic E-state index is 0. The van der Waals surface area contributed by atoms with Gasteiger partial charge in [-0.2, -0.15) is 0 Å². The number of carbonyl (C=O) groups excluding carboxylic acids is 2. The fraction of sp³-hybridized carbons (Fsp3) is 0.273. The van der Waals surface area contributed by atoms with E-state index in [9.17, 15) is 19.7 Å². The van der Waals surface area contributed by atoms with Crippen LogP contribution < -0.4 is 11.1 Å². The summed E-state index contributed by atoms with van der Waals surface area (Å²) in [7, 11) is 0. The number of nitro groups is 1. The number of rotatable bonds is 9. The largest absolute Gasteiger partial charge is 0.460 e. The Labute approximate surface area is 293 Å². The fourth-order valence-electron chi connectivity index (χ4n) is 5.64. The van der Waals surface area contributed by atoms with Gasteiger partial charge in [0.1, 0.15) is 11.9 Å². The number of nitro benzene ring substituents is 1. The van der Waals surface area contributed by atoms with Crippen molar-refractivity contribution in [3.8, 4) is 0 Å². The average Bonchev–Trinajstić information content (AvgIpc) is 2.96. The van der Waals surface area contributed by atoms with E-state index < -0.39 is 35.0 Å². The second kappa shape index (κ2) is 17.7. The standard InChI is InChI=1S/C33H34N4O6.2BrH.2H2O/c1-20(2)42-32(38)27-21(3)35-31(34)29(28(27)24-15-10-16-25(17-24)37(40)41)33(39)43-26-18-36(19-26)30(22-11-6-4-7-12-22)23-13-8-5-9-14-23;;;;/h4-17,20,26,28,30,35H,18-19,34H2,1-3H3;2*1H;2*1H2/t28-;;;;/m1..../s1. The quantitative estimate of drug-likeness (QED) is 0.182. The second-order valence-corrected chi connectivity index (χ2v) is 10.9. The van der Waals surface area contributed by atoms with E-state index in [1.807, 2.05) is 36.4 Å². The molecule has 2 heterocycles. The summed E-state index contributed by atoms with van der Waals surface area (Å²) < 4.78 is 11.5. The number of halogens is 2. The number of nitrogens with one attached hydrogen (secondary N) is 1. The van der Waals surface area contributed by atoms with E-state index in [4.69, 9.17) is 15.2 Å². The Kier molecular flexibility index (Phi) is 15.4. The zero-order valence-electron chi connectivity index (χ0n) is 26.0. The monoisotopic (exact) mass is 778 g/mol. The topological polar surface area (TPSA) is 200 Å². The number of ether oxygens (including phenoxy) is 2. The van der Waals surface area contributed by atoms with E-state index in [0.29, 0.717) is 24.4 Å². The van der Waals surface area contributed by atoms with Gasteiger partial charge in [0.15, 0.2) is 0 Å². The first-order valence-corrected chi connectivity index (χ1v) is 14.1. The van der Waals surface area contributed by atoms with Gasteiger partial charge in [0.05, 0.1) is 34.1 Å². The van der Waals surface area contributed by atoms with Crippen LogP contribution in [0.15, 0.2) is 108 Å². The van der Waals surface area contributed by atoms with Crippen LogP contribution in [-0.4, -0.2) is 58.0 Å². The molecule has 0 aliphatic carbocycles. The molecule has 14 heteroatoms. The molecular formula is C33H40Br2N4O8. The predicted octanol–water partition coefficient (Wildman–Crippen LogP) is 4.20. The SMILES string of the molecule is Br.Br.CC1=C(C(=O)OC(C)C)[C@@H](c2cccc([N+](=O)[O-])c2)C(C(=O)OC2CN(C(c3ccccc3)c3ccccc3)C2)=C(N)N1.O.O. The number of esters is 2. The molecule has 47 heavy (non-hydrogen) atoms. The van der Waals surface area contributed by atoms with Crippen LogP contribution in [0, 0.1) is 10.1 Å². The van der Waals surface area contributed by atoms with Gasteiger partial charge in [0.25, 0.3) is 5.69 Å². The lowest BCUT2D eigenvalue weighted by Gasteiger charge is -2.44. The molecule has 0 spiro atoms. The van der Waals surface area contributed by atoms with Crippen molar-refractivity contribution in [2.75, 3.05) is 13.1 Å². The molecule has 1 saturated heterocycles. The molecule has 0 saturated carbocycles. The van der Waals surface area contributed by atoms with Crippen molar-refractivity contribution in [3.63, 3.8) is 0 Å². The molecule has 5 rings (SSSR count). The lowest BCUT2D eigenvalue weighted by Crippen LogP contribution is -2.54. The van der Waals surface area contributed by atoms with Gasteiger partial charge in [-0.1, -0.05) is 72.8 Å². The third-order valence-corrected chi connectivity index (χ3v) is 7.54. The number of dihydropyridines is 1. The van der Waals surface area contributed by atoms with E-state index in [0.717, 1.165) is 11.1 Å². The van der Waals surface area contributed by atoms with Crippen molar-refractivity contribution < 1.29 is 34.9 Å². The highest BCUT2D eigenvalue weighted by molar-refractivity contribution is 8.93. The summed E-state index contributed by atoms with van der Waals surface area (Å²) in [6.45, 7) is 6.05. The molecule has 1 fully saturated rings. The summed E-state index contributed by atoms with van der Waals surface area (Å²) in [6, 6.07) is 26.0. The first-order valence-electron chi connectivity index (χ1n) is 14.1. The number of likely N-dealkylation sites (tertiary alicyclic amines) is 1. The van der Waals surface area contributed by atoms with Gasteiger partial charge in [-0.3, -0.25) is 15.0 Å². The van der Waals surface area contributed by atoms with Crippen LogP contribution in [0.4, 0.5) is 5.69 Å². The zero-order valence-corrected chi connectivity index (χ0v) is 29.5. The van der Waals surface area contributed by atoms with Crippen LogP contribution in [0.1, 0.15) is 49.4 Å². The van der Waals surface area contributed by atoms with Crippen LogP contribution in [-0.2, 0) is 19.1 Å². The van der Waals surface area contributed by atoms with E-state index in [1.54, 1.807) is 26.8 Å². The van der Waals surface area contributed by atoms with Gasteiger partial charge >= 0.3 is 11.9 Å². The Bertz CT molecular complexity index is 1560. The summed E-state index contributed by atoms with van der Waals surface area (Å²) in [5.41, 5.74) is 9.31. The Morgan fingerprint density at radius 1 is 0.894 bits per heavy atom. The van der Waals surface area contributed by atoms with E-state index in [-0.39, 0.29) is 73.6 Å². The van der Waals surface area contributed by atoms with Gasteiger partial charge in [-0.25, -0.2) is 9.59 Å². The number of hydrogen-bond donors (Lipinski definition) is 2. The minimum atomic E-state index is -1.03.